The van der Waals surface area contributed by atoms with E-state index in [1.807, 2.05) is 26.1 Å². The van der Waals surface area contributed by atoms with E-state index in [0.717, 1.165) is 41.7 Å². The van der Waals surface area contributed by atoms with Gasteiger partial charge in [0.15, 0.2) is 18.0 Å². The molecule has 1 saturated carbocycles. The van der Waals surface area contributed by atoms with Gasteiger partial charge < -0.3 is 19.7 Å². The van der Waals surface area contributed by atoms with Gasteiger partial charge in [-0.05, 0) is 50.3 Å². The number of rotatable bonds is 7. The molecule has 0 aromatic heterocycles. The zero-order valence-corrected chi connectivity index (χ0v) is 15.6. The molecule has 1 unspecified atom stereocenters. The molecule has 1 fully saturated rings. The first kappa shape index (κ1) is 19.1. The van der Waals surface area contributed by atoms with Gasteiger partial charge in [-0.2, -0.15) is 5.26 Å². The van der Waals surface area contributed by atoms with Crippen molar-refractivity contribution in [1.29, 1.82) is 5.26 Å². The highest BCUT2D eigenvalue weighted by Crippen LogP contribution is 2.30. The van der Waals surface area contributed by atoms with Gasteiger partial charge in [-0.25, -0.2) is 0 Å². The van der Waals surface area contributed by atoms with Crippen LogP contribution in [0.3, 0.4) is 0 Å². The number of amides is 1. The Morgan fingerprint density at radius 3 is 2.44 bits per heavy atom. The van der Waals surface area contributed by atoms with Crippen LogP contribution in [0.5, 0.6) is 11.5 Å². The van der Waals surface area contributed by atoms with E-state index < -0.39 is 5.54 Å². The maximum Gasteiger partial charge on any atom is 0.276 e. The summed E-state index contributed by atoms with van der Waals surface area (Å²) in [6.07, 6.45) is 3.51. The summed E-state index contributed by atoms with van der Waals surface area (Å²) >= 11 is 0. The molecule has 1 amide bonds. The lowest BCUT2D eigenvalue weighted by molar-refractivity contribution is -0.885. The van der Waals surface area contributed by atoms with E-state index in [1.54, 1.807) is 14.2 Å². The average molecular weight is 346 g/mol. The SMILES string of the molecule is COc1cc(C)c(C[NH+](C)CC(=O)NC2(C#N)CCCC2)cc1OC. The van der Waals surface area contributed by atoms with Gasteiger partial charge >= 0.3 is 0 Å². The molecule has 1 aromatic carbocycles. The van der Waals surface area contributed by atoms with Crippen molar-refractivity contribution in [2.75, 3.05) is 27.8 Å². The number of hydrogen-bond donors (Lipinski definition) is 2. The van der Waals surface area contributed by atoms with Gasteiger partial charge in [-0.3, -0.25) is 4.79 Å². The predicted molar refractivity (Wildman–Crippen MR) is 94.7 cm³/mol. The normalized spacial score (nSPS) is 16.8. The summed E-state index contributed by atoms with van der Waals surface area (Å²) in [6.45, 7) is 3.05. The number of nitrogens with one attached hydrogen (secondary N) is 2. The largest absolute Gasteiger partial charge is 0.493 e. The molecule has 2 N–H and O–H groups in total. The number of hydrogen-bond acceptors (Lipinski definition) is 4. The Balaban J connectivity index is 1.99. The first-order chi connectivity index (χ1) is 11.9. The molecule has 0 spiro atoms. The molecule has 0 radical (unpaired) electrons. The van der Waals surface area contributed by atoms with Crippen LogP contribution >= 0.6 is 0 Å². The van der Waals surface area contributed by atoms with Crippen molar-refractivity contribution < 1.29 is 19.2 Å². The molecule has 2 rings (SSSR count). The number of aryl methyl sites for hydroxylation is 1. The molecular weight excluding hydrogens is 318 g/mol. The first-order valence-electron chi connectivity index (χ1n) is 8.68. The van der Waals surface area contributed by atoms with Crippen molar-refractivity contribution in [3.8, 4) is 17.6 Å². The Labute approximate surface area is 149 Å². The molecule has 0 saturated heterocycles. The van der Waals surface area contributed by atoms with Crippen LogP contribution in [0.15, 0.2) is 12.1 Å². The minimum Gasteiger partial charge on any atom is -0.493 e. The number of carbonyl (C=O) groups excluding carboxylic acids is 1. The van der Waals surface area contributed by atoms with Crippen molar-refractivity contribution in [2.24, 2.45) is 0 Å². The second kappa shape index (κ2) is 8.21. The van der Waals surface area contributed by atoms with E-state index in [0.29, 0.717) is 24.6 Å². The highest BCUT2D eigenvalue weighted by molar-refractivity contribution is 5.78. The van der Waals surface area contributed by atoms with Crippen LogP contribution in [-0.4, -0.2) is 39.3 Å². The standard InChI is InChI=1S/C19H27N3O3/c1-14-9-16(24-3)17(25-4)10-15(14)11-22(2)12-18(23)21-19(13-20)7-5-6-8-19/h9-10H,5-8,11-12H2,1-4H3,(H,21,23)/p+1. The lowest BCUT2D eigenvalue weighted by Gasteiger charge is -2.23. The molecule has 1 atom stereocenters. The molecule has 1 aliphatic carbocycles. The van der Waals surface area contributed by atoms with E-state index in [2.05, 4.69) is 11.4 Å². The van der Waals surface area contributed by atoms with E-state index in [9.17, 15) is 10.1 Å². The second-order valence-electron chi connectivity index (χ2n) is 6.89. The summed E-state index contributed by atoms with van der Waals surface area (Å²) < 4.78 is 10.7. The Bertz CT molecular complexity index is 661. The van der Waals surface area contributed by atoms with Gasteiger partial charge in [0.05, 0.1) is 27.3 Å². The summed E-state index contributed by atoms with van der Waals surface area (Å²) in [7, 11) is 5.21. The number of methoxy groups -OCH3 is 2. The number of nitrogens with zero attached hydrogens (tertiary/aromatic N) is 1. The molecule has 1 aromatic rings. The molecule has 6 nitrogen and oxygen atoms in total. The number of likely N-dealkylation sites (N-methyl/N-ethyl adjacent to an activating group) is 1. The molecular formula is C19H28N3O3+. The van der Waals surface area contributed by atoms with Gasteiger partial charge in [0.2, 0.25) is 0 Å². The Morgan fingerprint density at radius 1 is 1.28 bits per heavy atom. The predicted octanol–water partition coefficient (Wildman–Crippen LogP) is 0.980. The molecule has 25 heavy (non-hydrogen) atoms. The van der Waals surface area contributed by atoms with Gasteiger partial charge in [0, 0.05) is 5.56 Å². The monoisotopic (exact) mass is 346 g/mol. The Kier molecular flexibility index (Phi) is 6.27. The second-order valence-corrected chi connectivity index (χ2v) is 6.89. The number of ether oxygens (including phenoxy) is 2. The number of nitriles is 1. The summed E-state index contributed by atoms with van der Waals surface area (Å²) in [4.78, 5) is 13.4. The summed E-state index contributed by atoms with van der Waals surface area (Å²) in [5.74, 6) is 1.32. The fraction of sp³-hybridized carbons (Fsp3) is 0.579. The van der Waals surface area contributed by atoms with Crippen molar-refractivity contribution in [3.63, 3.8) is 0 Å². The third-order valence-corrected chi connectivity index (χ3v) is 4.85. The average Bonchev–Trinajstić information content (AvgIpc) is 3.04. The molecule has 0 heterocycles. The van der Waals surface area contributed by atoms with Crippen LogP contribution in [0.25, 0.3) is 0 Å². The van der Waals surface area contributed by atoms with Crippen molar-refractivity contribution in [2.45, 2.75) is 44.7 Å². The molecule has 6 heteroatoms. The summed E-state index contributed by atoms with van der Waals surface area (Å²) in [5, 5.41) is 12.3. The third kappa shape index (κ3) is 4.64. The van der Waals surface area contributed by atoms with Crippen molar-refractivity contribution in [1.82, 2.24) is 5.32 Å². The van der Waals surface area contributed by atoms with E-state index in [-0.39, 0.29) is 5.91 Å². The van der Waals surface area contributed by atoms with Crippen LogP contribution in [0.1, 0.15) is 36.8 Å². The molecule has 136 valence electrons. The highest BCUT2D eigenvalue weighted by Gasteiger charge is 2.35. The van der Waals surface area contributed by atoms with E-state index >= 15 is 0 Å². The Morgan fingerprint density at radius 2 is 1.88 bits per heavy atom. The fourth-order valence-electron chi connectivity index (χ4n) is 3.43. The smallest absolute Gasteiger partial charge is 0.276 e. The summed E-state index contributed by atoms with van der Waals surface area (Å²) in [6, 6.07) is 6.21. The fourth-order valence-corrected chi connectivity index (χ4v) is 3.43. The summed E-state index contributed by atoms with van der Waals surface area (Å²) in [5.41, 5.74) is 1.55. The molecule has 1 aliphatic rings. The van der Waals surface area contributed by atoms with Gasteiger partial charge in [-0.1, -0.05) is 0 Å². The van der Waals surface area contributed by atoms with Crippen molar-refractivity contribution >= 4 is 5.91 Å². The van der Waals surface area contributed by atoms with Crippen LogP contribution < -0.4 is 19.7 Å². The zero-order chi connectivity index (χ0) is 18.4. The minimum atomic E-state index is -0.656. The van der Waals surface area contributed by atoms with E-state index in [1.165, 1.54) is 0 Å². The van der Waals surface area contributed by atoms with Gasteiger partial charge in [0.1, 0.15) is 12.1 Å². The topological polar surface area (TPSA) is 75.8 Å². The number of benzene rings is 1. The minimum absolute atomic E-state index is 0.0703. The lowest BCUT2D eigenvalue weighted by atomic mass is 10.00. The number of quaternary nitrogens is 1. The van der Waals surface area contributed by atoms with Crippen LogP contribution in [0.4, 0.5) is 0 Å². The van der Waals surface area contributed by atoms with Crippen LogP contribution in [0.2, 0.25) is 0 Å². The van der Waals surface area contributed by atoms with E-state index in [4.69, 9.17) is 9.47 Å². The van der Waals surface area contributed by atoms with Gasteiger partial charge in [-0.15, -0.1) is 0 Å². The molecule has 0 bridgehead atoms. The Hall–Kier alpha value is -2.26. The molecule has 0 aliphatic heterocycles. The first-order valence-corrected chi connectivity index (χ1v) is 8.68. The quantitative estimate of drug-likeness (QED) is 0.772. The highest BCUT2D eigenvalue weighted by atomic mass is 16.5. The van der Waals surface area contributed by atoms with Crippen molar-refractivity contribution in [3.05, 3.63) is 23.3 Å². The zero-order valence-electron chi connectivity index (χ0n) is 15.6. The maximum atomic E-state index is 12.3. The maximum absolute atomic E-state index is 12.3. The van der Waals surface area contributed by atoms with Crippen LogP contribution in [-0.2, 0) is 11.3 Å². The van der Waals surface area contributed by atoms with Gasteiger partial charge in [0.25, 0.3) is 5.91 Å². The lowest BCUT2D eigenvalue weighted by Crippen LogP contribution is -3.09. The van der Waals surface area contributed by atoms with Crippen LogP contribution in [0, 0.1) is 18.3 Å². The number of carbonyl (C=O) groups is 1. The third-order valence-electron chi connectivity index (χ3n) is 4.85.